The normalized spacial score (nSPS) is 10.2. The molecule has 0 radical (unpaired) electrons. The summed E-state index contributed by atoms with van der Waals surface area (Å²) in [4.78, 5) is 11.3. The van der Waals surface area contributed by atoms with Crippen molar-refractivity contribution in [2.45, 2.75) is 27.7 Å². The van der Waals surface area contributed by atoms with Crippen molar-refractivity contribution in [3.05, 3.63) is 5.69 Å². The van der Waals surface area contributed by atoms with Crippen LogP contribution in [0.15, 0.2) is 0 Å². The molecule has 1 rings (SSSR count). The third kappa shape index (κ3) is 7.18. The minimum absolute atomic E-state index is 0.227. The maximum atomic E-state index is 11.3. The van der Waals surface area contributed by atoms with Crippen LogP contribution in [-0.2, 0) is 0 Å². The van der Waals surface area contributed by atoms with E-state index in [1.807, 2.05) is 13.8 Å². The average molecular weight is 273 g/mol. The molecule has 0 unspecified atom stereocenters. The fourth-order valence-corrected chi connectivity index (χ4v) is 1.17. The summed E-state index contributed by atoms with van der Waals surface area (Å²) in [7, 11) is 0. The van der Waals surface area contributed by atoms with E-state index in [-0.39, 0.29) is 11.6 Å². The minimum atomic E-state index is -0.250. The van der Waals surface area contributed by atoms with Crippen molar-refractivity contribution in [2.75, 3.05) is 18.8 Å². The Balaban J connectivity index is 0.000000494. The van der Waals surface area contributed by atoms with E-state index in [4.69, 9.17) is 11.5 Å². The zero-order chi connectivity index (χ0) is 14.1. The van der Waals surface area contributed by atoms with Gasteiger partial charge in [0.15, 0.2) is 5.69 Å². The molecule has 18 heavy (non-hydrogen) atoms. The van der Waals surface area contributed by atoms with Crippen molar-refractivity contribution in [3.63, 3.8) is 0 Å². The molecule has 0 fully saturated rings. The van der Waals surface area contributed by atoms with Gasteiger partial charge < -0.3 is 16.8 Å². The molecule has 5 N–H and O–H groups in total. The number of nitrogens with two attached hydrogens (primary N) is 2. The quantitative estimate of drug-likeness (QED) is 0.761. The van der Waals surface area contributed by atoms with Gasteiger partial charge in [-0.1, -0.05) is 32.2 Å². The second-order valence-electron chi connectivity index (χ2n) is 4.72. The van der Waals surface area contributed by atoms with Gasteiger partial charge in [0, 0.05) is 18.1 Å². The number of anilines is 1. The van der Waals surface area contributed by atoms with Gasteiger partial charge in [0.05, 0.1) is 0 Å². The average Bonchev–Trinajstić information content (AvgIpc) is 2.73. The van der Waals surface area contributed by atoms with Crippen molar-refractivity contribution < 1.29 is 4.79 Å². The molecule has 0 bridgehead atoms. The first-order valence-electron chi connectivity index (χ1n) is 5.94. The smallest absolute Gasteiger partial charge is 0.274 e. The summed E-state index contributed by atoms with van der Waals surface area (Å²) in [6.45, 7) is 9.65. The summed E-state index contributed by atoms with van der Waals surface area (Å²) >= 11 is 1.02. The van der Waals surface area contributed by atoms with Crippen LogP contribution in [0.2, 0.25) is 0 Å². The highest BCUT2D eigenvalue weighted by Crippen LogP contribution is 2.11. The Morgan fingerprint density at radius 1 is 1.33 bits per heavy atom. The summed E-state index contributed by atoms with van der Waals surface area (Å²) in [5.41, 5.74) is 10.9. The fraction of sp³-hybridized carbons (Fsp3) is 0.727. The topological polar surface area (TPSA) is 107 Å². The first-order valence-corrected chi connectivity index (χ1v) is 6.71. The zero-order valence-electron chi connectivity index (χ0n) is 11.4. The van der Waals surface area contributed by atoms with Gasteiger partial charge in [-0.2, -0.15) is 0 Å². The third-order valence-electron chi connectivity index (χ3n) is 1.87. The molecule has 0 aliphatic carbocycles. The summed E-state index contributed by atoms with van der Waals surface area (Å²) in [5.74, 6) is 0.826. The molecule has 7 heteroatoms. The van der Waals surface area contributed by atoms with Gasteiger partial charge in [0.25, 0.3) is 5.91 Å². The first kappa shape index (κ1) is 16.8. The largest absolute Gasteiger partial charge is 0.387 e. The maximum absolute atomic E-state index is 11.3. The Morgan fingerprint density at radius 3 is 2.22 bits per heavy atom. The summed E-state index contributed by atoms with van der Waals surface area (Å²) in [6.07, 6.45) is 0. The van der Waals surface area contributed by atoms with Crippen molar-refractivity contribution in [1.82, 2.24) is 14.9 Å². The number of nitrogens with zero attached hydrogens (tertiary/aromatic N) is 2. The van der Waals surface area contributed by atoms with Gasteiger partial charge in [0.1, 0.15) is 5.00 Å². The second-order valence-corrected chi connectivity index (χ2v) is 5.50. The number of carbonyl (C=O) groups is 1. The molecule has 0 aliphatic heterocycles. The molecule has 6 nitrogen and oxygen atoms in total. The standard InChI is InChI=1S/C7H12N4OS.C4H11N/c1-4(2)3-9-7(12)5-6(8)13-11-10-5;1-4(2)3-5/h4H,3,8H2,1-2H3,(H,9,12);4H,3,5H2,1-2H3. The molecule has 104 valence electrons. The van der Waals surface area contributed by atoms with Crippen molar-refractivity contribution in [1.29, 1.82) is 0 Å². The van der Waals surface area contributed by atoms with Gasteiger partial charge >= 0.3 is 0 Å². The molecule has 0 aliphatic rings. The van der Waals surface area contributed by atoms with Gasteiger partial charge in [-0.25, -0.2) is 0 Å². The molecule has 0 spiro atoms. The molecule has 1 aromatic heterocycles. The number of nitrogen functional groups attached to an aromatic ring is 1. The molecule has 0 saturated carbocycles. The van der Waals surface area contributed by atoms with Gasteiger partial charge in [-0.15, -0.1) is 5.10 Å². The zero-order valence-corrected chi connectivity index (χ0v) is 12.3. The van der Waals surface area contributed by atoms with E-state index in [2.05, 4.69) is 28.8 Å². The Kier molecular flexibility index (Phi) is 8.23. The second kappa shape index (κ2) is 8.82. The Labute approximate surface area is 112 Å². The molecule has 0 aromatic carbocycles. The molecule has 1 aromatic rings. The molecular formula is C11H23N5OS. The number of carbonyl (C=O) groups excluding carboxylic acids is 1. The Bertz CT molecular complexity index is 351. The predicted octanol–water partition coefficient (Wildman–Crippen LogP) is 1.11. The van der Waals surface area contributed by atoms with E-state index >= 15 is 0 Å². The highest BCUT2D eigenvalue weighted by Gasteiger charge is 2.13. The molecule has 0 saturated heterocycles. The summed E-state index contributed by atoms with van der Waals surface area (Å²) < 4.78 is 3.58. The fourth-order valence-electron chi connectivity index (χ4n) is 0.736. The molecule has 0 atom stereocenters. The van der Waals surface area contributed by atoms with E-state index in [0.29, 0.717) is 23.4 Å². The van der Waals surface area contributed by atoms with E-state index in [0.717, 1.165) is 18.1 Å². The van der Waals surface area contributed by atoms with Gasteiger partial charge in [-0.3, -0.25) is 4.79 Å². The van der Waals surface area contributed by atoms with E-state index in [9.17, 15) is 4.79 Å². The Hall–Kier alpha value is -1.21. The monoisotopic (exact) mass is 273 g/mol. The number of hydrogen-bond acceptors (Lipinski definition) is 6. The number of aromatic nitrogens is 2. The van der Waals surface area contributed by atoms with Gasteiger partial charge in [0.2, 0.25) is 0 Å². The summed E-state index contributed by atoms with van der Waals surface area (Å²) in [6, 6.07) is 0. The number of hydrogen-bond donors (Lipinski definition) is 3. The highest BCUT2D eigenvalue weighted by atomic mass is 32.1. The van der Waals surface area contributed by atoms with E-state index in [1.165, 1.54) is 0 Å². The lowest BCUT2D eigenvalue weighted by atomic mass is 10.2. The first-order chi connectivity index (χ1) is 8.38. The predicted molar refractivity (Wildman–Crippen MR) is 75.4 cm³/mol. The lowest BCUT2D eigenvalue weighted by molar-refractivity contribution is 0.0945. The highest BCUT2D eigenvalue weighted by molar-refractivity contribution is 7.10. The lowest BCUT2D eigenvalue weighted by Gasteiger charge is -2.05. The Morgan fingerprint density at radius 2 is 1.89 bits per heavy atom. The lowest BCUT2D eigenvalue weighted by Crippen LogP contribution is -2.28. The van der Waals surface area contributed by atoms with Crippen LogP contribution in [0, 0.1) is 11.8 Å². The van der Waals surface area contributed by atoms with Crippen molar-refractivity contribution >= 4 is 22.4 Å². The molecular weight excluding hydrogens is 250 g/mol. The van der Waals surface area contributed by atoms with E-state index < -0.39 is 0 Å². The van der Waals surface area contributed by atoms with Crippen LogP contribution in [0.25, 0.3) is 0 Å². The summed E-state index contributed by atoms with van der Waals surface area (Å²) in [5, 5.41) is 6.70. The molecule has 1 heterocycles. The van der Waals surface area contributed by atoms with Crippen LogP contribution in [0.1, 0.15) is 38.2 Å². The van der Waals surface area contributed by atoms with Crippen molar-refractivity contribution in [2.24, 2.45) is 17.6 Å². The van der Waals surface area contributed by atoms with Crippen LogP contribution in [0.4, 0.5) is 5.00 Å². The maximum Gasteiger partial charge on any atom is 0.274 e. The SMILES string of the molecule is CC(C)CN.CC(C)CNC(=O)c1nnsc1N. The molecule has 1 amide bonds. The number of nitrogens with one attached hydrogen (secondary N) is 1. The van der Waals surface area contributed by atoms with Crippen molar-refractivity contribution in [3.8, 4) is 0 Å². The van der Waals surface area contributed by atoms with Crippen LogP contribution in [-0.4, -0.2) is 28.6 Å². The van der Waals surface area contributed by atoms with E-state index in [1.54, 1.807) is 0 Å². The van der Waals surface area contributed by atoms with Crippen LogP contribution >= 0.6 is 11.5 Å². The van der Waals surface area contributed by atoms with Crippen LogP contribution < -0.4 is 16.8 Å². The number of amides is 1. The minimum Gasteiger partial charge on any atom is -0.387 e. The van der Waals surface area contributed by atoms with Crippen LogP contribution in [0.5, 0.6) is 0 Å². The third-order valence-corrected chi connectivity index (χ3v) is 2.42. The van der Waals surface area contributed by atoms with Gasteiger partial charge in [-0.05, 0) is 18.4 Å². The number of rotatable bonds is 4. The van der Waals surface area contributed by atoms with Crippen LogP contribution in [0.3, 0.4) is 0 Å².